The fourth-order valence-electron chi connectivity index (χ4n) is 3.29. The normalized spacial score (nSPS) is 14.8. The number of ether oxygens (including phenoxy) is 1. The van der Waals surface area contributed by atoms with Gasteiger partial charge in [0, 0.05) is 36.2 Å². The molecule has 0 aromatic heterocycles. The van der Waals surface area contributed by atoms with E-state index in [1.165, 1.54) is 0 Å². The van der Waals surface area contributed by atoms with E-state index < -0.39 is 0 Å². The smallest absolute Gasteiger partial charge is 0.262 e. The van der Waals surface area contributed by atoms with Crippen LogP contribution in [0, 0.1) is 6.92 Å². The molecule has 7 heteroatoms. The number of likely N-dealkylation sites (N-methyl/N-ethyl adjacent to an activating group) is 1. The van der Waals surface area contributed by atoms with Crippen molar-refractivity contribution >= 4 is 40.5 Å². The van der Waals surface area contributed by atoms with E-state index in [0.717, 1.165) is 44.0 Å². The molecule has 0 radical (unpaired) electrons. The highest BCUT2D eigenvalue weighted by molar-refractivity contribution is 6.31. The first-order chi connectivity index (χ1) is 13.5. The Hall–Kier alpha value is -1.95. The molecule has 1 aliphatic heterocycles. The molecule has 0 spiro atoms. The van der Waals surface area contributed by atoms with E-state index in [1.807, 2.05) is 19.1 Å². The van der Waals surface area contributed by atoms with Crippen molar-refractivity contribution in [3.05, 3.63) is 52.0 Å². The molecule has 1 fully saturated rings. The second-order valence-electron chi connectivity index (χ2n) is 6.83. The number of hydrogen-bond donors (Lipinski definition) is 1. The Morgan fingerprint density at radius 2 is 1.75 bits per heavy atom. The highest BCUT2D eigenvalue weighted by Crippen LogP contribution is 2.30. The zero-order valence-electron chi connectivity index (χ0n) is 16.2. The largest absolute Gasteiger partial charge is 0.483 e. The van der Waals surface area contributed by atoms with Crippen LogP contribution in [0.4, 0.5) is 11.4 Å². The van der Waals surface area contributed by atoms with Gasteiger partial charge in [-0.1, -0.05) is 30.1 Å². The number of carbonyl (C=O) groups is 1. The summed E-state index contributed by atoms with van der Waals surface area (Å²) in [6.07, 6.45) is 0. The minimum atomic E-state index is -0.231. The fourth-order valence-corrected chi connectivity index (χ4v) is 3.69. The van der Waals surface area contributed by atoms with Crippen LogP contribution in [-0.2, 0) is 4.79 Å². The quantitative estimate of drug-likeness (QED) is 0.747. The third-order valence-electron chi connectivity index (χ3n) is 4.89. The second kappa shape index (κ2) is 9.50. The number of halogens is 2. The molecule has 0 aliphatic carbocycles. The van der Waals surface area contributed by atoms with Gasteiger partial charge < -0.3 is 19.9 Å². The number of anilines is 2. The van der Waals surface area contributed by atoms with E-state index >= 15 is 0 Å². The molecule has 3 rings (SSSR count). The molecular weight excluding hydrogens is 397 g/mol. The van der Waals surface area contributed by atoms with Crippen molar-refractivity contribution in [1.29, 1.82) is 0 Å². The molecule has 1 aliphatic rings. The summed E-state index contributed by atoms with van der Waals surface area (Å²) >= 11 is 12.1. The summed E-state index contributed by atoms with van der Waals surface area (Å²) in [5, 5.41) is 4.17. The van der Waals surface area contributed by atoms with Gasteiger partial charge in [0.1, 0.15) is 5.75 Å². The van der Waals surface area contributed by atoms with Crippen LogP contribution in [-0.4, -0.2) is 50.1 Å². The molecule has 0 bridgehead atoms. The minimum Gasteiger partial charge on any atom is -0.483 e. The van der Waals surface area contributed by atoms with Crippen LogP contribution in [0.3, 0.4) is 0 Å². The third kappa shape index (κ3) is 5.31. The standard InChI is InChI=1S/C21H25Cl2N3O2/c1-3-25-8-10-26(11-9-25)19-6-4-17(23)13-18(19)24-21(27)14-28-20-7-5-16(22)12-15(20)2/h4-7,12-13H,3,8-11,14H2,1-2H3,(H,24,27). The number of aryl methyl sites for hydroxylation is 1. The van der Waals surface area contributed by atoms with Crippen LogP contribution in [0.25, 0.3) is 0 Å². The van der Waals surface area contributed by atoms with Crippen molar-refractivity contribution in [1.82, 2.24) is 4.90 Å². The van der Waals surface area contributed by atoms with Crippen LogP contribution in [0.2, 0.25) is 10.0 Å². The van der Waals surface area contributed by atoms with Crippen molar-refractivity contribution < 1.29 is 9.53 Å². The maximum Gasteiger partial charge on any atom is 0.262 e. The first-order valence-electron chi connectivity index (χ1n) is 9.42. The lowest BCUT2D eigenvalue weighted by molar-refractivity contribution is -0.118. The van der Waals surface area contributed by atoms with Gasteiger partial charge in [0.05, 0.1) is 11.4 Å². The van der Waals surface area contributed by atoms with Gasteiger partial charge in [-0.3, -0.25) is 4.79 Å². The van der Waals surface area contributed by atoms with Crippen molar-refractivity contribution in [3.8, 4) is 5.75 Å². The highest BCUT2D eigenvalue weighted by atomic mass is 35.5. The van der Waals surface area contributed by atoms with Crippen molar-refractivity contribution in [2.75, 3.05) is 49.5 Å². The summed E-state index contributed by atoms with van der Waals surface area (Å²) in [5.74, 6) is 0.409. The Kier molecular flexibility index (Phi) is 7.05. The van der Waals surface area contributed by atoms with E-state index in [2.05, 4.69) is 22.0 Å². The van der Waals surface area contributed by atoms with Crippen LogP contribution < -0.4 is 15.0 Å². The molecule has 1 amide bonds. The van der Waals surface area contributed by atoms with Gasteiger partial charge in [0.25, 0.3) is 5.91 Å². The lowest BCUT2D eigenvalue weighted by Gasteiger charge is -2.36. The first kappa shape index (κ1) is 20.8. The molecule has 1 heterocycles. The number of nitrogens with zero attached hydrogens (tertiary/aromatic N) is 2. The molecule has 5 nitrogen and oxygen atoms in total. The minimum absolute atomic E-state index is 0.0853. The topological polar surface area (TPSA) is 44.8 Å². The molecule has 0 saturated carbocycles. The molecule has 0 atom stereocenters. The maximum absolute atomic E-state index is 12.5. The van der Waals surface area contributed by atoms with Crippen molar-refractivity contribution in [2.45, 2.75) is 13.8 Å². The van der Waals surface area contributed by atoms with Crippen molar-refractivity contribution in [2.24, 2.45) is 0 Å². The Bertz CT molecular complexity index is 836. The highest BCUT2D eigenvalue weighted by Gasteiger charge is 2.19. The van der Waals surface area contributed by atoms with Gasteiger partial charge >= 0.3 is 0 Å². The zero-order valence-corrected chi connectivity index (χ0v) is 17.7. The second-order valence-corrected chi connectivity index (χ2v) is 7.70. The predicted molar refractivity (Wildman–Crippen MR) is 116 cm³/mol. The Balaban J connectivity index is 1.66. The molecule has 150 valence electrons. The van der Waals surface area contributed by atoms with Crippen LogP contribution >= 0.6 is 23.2 Å². The van der Waals surface area contributed by atoms with Gasteiger partial charge in [0.15, 0.2) is 6.61 Å². The van der Waals surface area contributed by atoms with E-state index in [4.69, 9.17) is 27.9 Å². The fraction of sp³-hybridized carbons (Fsp3) is 0.381. The molecule has 1 N–H and O–H groups in total. The Labute approximate surface area is 176 Å². The number of hydrogen-bond acceptors (Lipinski definition) is 4. The average Bonchev–Trinajstić information content (AvgIpc) is 2.67. The van der Waals surface area contributed by atoms with E-state index in [9.17, 15) is 4.79 Å². The van der Waals surface area contributed by atoms with E-state index in [0.29, 0.717) is 21.5 Å². The Morgan fingerprint density at radius 1 is 1.07 bits per heavy atom. The van der Waals surface area contributed by atoms with E-state index in [-0.39, 0.29) is 12.5 Å². The zero-order chi connectivity index (χ0) is 20.1. The molecular formula is C21H25Cl2N3O2. The molecule has 0 unspecified atom stereocenters. The van der Waals surface area contributed by atoms with Crippen LogP contribution in [0.1, 0.15) is 12.5 Å². The molecule has 2 aromatic rings. The number of piperazine rings is 1. The van der Waals surface area contributed by atoms with Gasteiger partial charge in [-0.15, -0.1) is 0 Å². The molecule has 28 heavy (non-hydrogen) atoms. The number of rotatable bonds is 6. The van der Waals surface area contributed by atoms with Crippen molar-refractivity contribution in [3.63, 3.8) is 0 Å². The summed E-state index contributed by atoms with van der Waals surface area (Å²) in [4.78, 5) is 17.2. The number of benzene rings is 2. The first-order valence-corrected chi connectivity index (χ1v) is 10.2. The average molecular weight is 422 g/mol. The monoisotopic (exact) mass is 421 g/mol. The summed E-state index contributed by atoms with van der Waals surface area (Å²) in [6.45, 7) is 8.88. The maximum atomic E-state index is 12.5. The van der Waals surface area contributed by atoms with Crippen LogP contribution in [0.15, 0.2) is 36.4 Å². The van der Waals surface area contributed by atoms with Gasteiger partial charge in [-0.25, -0.2) is 0 Å². The number of carbonyl (C=O) groups excluding carboxylic acids is 1. The number of amides is 1. The summed E-state index contributed by atoms with van der Waals surface area (Å²) in [7, 11) is 0. The summed E-state index contributed by atoms with van der Waals surface area (Å²) < 4.78 is 5.65. The van der Waals surface area contributed by atoms with Crippen LogP contribution in [0.5, 0.6) is 5.75 Å². The third-order valence-corrected chi connectivity index (χ3v) is 5.36. The van der Waals surface area contributed by atoms with Gasteiger partial charge in [0.2, 0.25) is 0 Å². The predicted octanol–water partition coefficient (Wildman–Crippen LogP) is 4.46. The molecule has 2 aromatic carbocycles. The summed E-state index contributed by atoms with van der Waals surface area (Å²) in [6, 6.07) is 10.9. The molecule has 1 saturated heterocycles. The Morgan fingerprint density at radius 3 is 2.43 bits per heavy atom. The summed E-state index contributed by atoms with van der Waals surface area (Å²) in [5.41, 5.74) is 2.58. The lowest BCUT2D eigenvalue weighted by atomic mass is 10.2. The van der Waals surface area contributed by atoms with Gasteiger partial charge in [-0.05, 0) is 55.4 Å². The number of nitrogens with one attached hydrogen (secondary N) is 1. The lowest BCUT2D eigenvalue weighted by Crippen LogP contribution is -2.46. The SMILES string of the molecule is CCN1CCN(c2ccc(Cl)cc2NC(=O)COc2ccc(Cl)cc2C)CC1. The van der Waals surface area contributed by atoms with Gasteiger partial charge in [-0.2, -0.15) is 0 Å². The van der Waals surface area contributed by atoms with E-state index in [1.54, 1.807) is 24.3 Å².